The molecule has 2 aromatic carbocycles. The molecule has 0 aliphatic carbocycles. The van der Waals surface area contributed by atoms with Crippen molar-refractivity contribution in [3.05, 3.63) is 77.9 Å². The van der Waals surface area contributed by atoms with Gasteiger partial charge in [0.25, 0.3) is 0 Å². The van der Waals surface area contributed by atoms with Crippen LogP contribution in [0.25, 0.3) is 6.08 Å². The highest BCUT2D eigenvalue weighted by Crippen LogP contribution is 2.30. The molecule has 0 heterocycles. The molecular formula is C18H18OS. The molecule has 0 saturated carbocycles. The molecule has 2 rings (SSSR count). The predicted octanol–water partition coefficient (Wildman–Crippen LogP) is 4.76. The first-order valence-electron chi connectivity index (χ1n) is 6.63. The van der Waals surface area contributed by atoms with Crippen molar-refractivity contribution in [2.45, 2.75) is 11.7 Å². The summed E-state index contributed by atoms with van der Waals surface area (Å²) in [4.78, 5) is 12.1. The molecule has 2 aromatic rings. The van der Waals surface area contributed by atoms with Crippen molar-refractivity contribution in [2.75, 3.05) is 6.26 Å². The van der Waals surface area contributed by atoms with Crippen LogP contribution in [0.15, 0.2) is 66.7 Å². The molecule has 20 heavy (non-hydrogen) atoms. The Morgan fingerprint density at radius 2 is 1.65 bits per heavy atom. The normalized spacial score (nSPS) is 12.4. The molecule has 0 N–H and O–H groups in total. The first-order valence-corrected chi connectivity index (χ1v) is 7.92. The molecule has 1 nitrogen and oxygen atoms in total. The summed E-state index contributed by atoms with van der Waals surface area (Å²) in [5.41, 5.74) is 2.27. The minimum atomic E-state index is 0.164. The van der Waals surface area contributed by atoms with Crippen molar-refractivity contribution in [2.24, 2.45) is 0 Å². The second-order valence-corrected chi connectivity index (χ2v) is 5.59. The third-order valence-corrected chi connectivity index (χ3v) is 4.11. The number of hydrogen-bond acceptors (Lipinski definition) is 2. The molecule has 0 saturated heterocycles. The van der Waals surface area contributed by atoms with Crippen molar-refractivity contribution in [3.8, 4) is 0 Å². The fourth-order valence-electron chi connectivity index (χ4n) is 2.01. The van der Waals surface area contributed by atoms with Gasteiger partial charge in [-0.25, -0.2) is 0 Å². The van der Waals surface area contributed by atoms with Gasteiger partial charge in [-0.3, -0.25) is 4.79 Å². The van der Waals surface area contributed by atoms with E-state index in [-0.39, 0.29) is 11.0 Å². The lowest BCUT2D eigenvalue weighted by Crippen LogP contribution is -2.01. The summed E-state index contributed by atoms with van der Waals surface area (Å²) in [6.45, 7) is 0. The zero-order valence-electron chi connectivity index (χ0n) is 11.5. The standard InChI is InChI=1S/C18H18OS/c1-20-18(16-10-6-3-7-11-16)14-17(19)13-12-15-8-4-2-5-9-15/h2-13,18H,14H2,1H3/b13-12+. The van der Waals surface area contributed by atoms with Gasteiger partial charge in [0.15, 0.2) is 5.78 Å². The van der Waals surface area contributed by atoms with Crippen LogP contribution in [-0.2, 0) is 4.79 Å². The number of allylic oxidation sites excluding steroid dienone is 1. The van der Waals surface area contributed by atoms with Crippen molar-refractivity contribution < 1.29 is 4.79 Å². The monoisotopic (exact) mass is 282 g/mol. The zero-order chi connectivity index (χ0) is 14.2. The first-order chi connectivity index (χ1) is 9.79. The smallest absolute Gasteiger partial charge is 0.157 e. The minimum absolute atomic E-state index is 0.164. The maximum Gasteiger partial charge on any atom is 0.157 e. The van der Waals surface area contributed by atoms with Gasteiger partial charge in [0, 0.05) is 11.7 Å². The third kappa shape index (κ3) is 4.39. The van der Waals surface area contributed by atoms with Gasteiger partial charge in [-0.15, -0.1) is 0 Å². The number of benzene rings is 2. The largest absolute Gasteiger partial charge is 0.295 e. The van der Waals surface area contributed by atoms with Crippen molar-refractivity contribution >= 4 is 23.6 Å². The molecule has 0 amide bonds. The molecule has 1 atom stereocenters. The number of carbonyl (C=O) groups is 1. The second kappa shape index (κ2) is 7.71. The van der Waals surface area contributed by atoms with Gasteiger partial charge < -0.3 is 0 Å². The van der Waals surface area contributed by atoms with E-state index < -0.39 is 0 Å². The maximum atomic E-state index is 12.1. The highest BCUT2D eigenvalue weighted by molar-refractivity contribution is 7.98. The van der Waals surface area contributed by atoms with E-state index in [1.165, 1.54) is 5.56 Å². The first kappa shape index (κ1) is 14.6. The summed E-state index contributed by atoms with van der Waals surface area (Å²) >= 11 is 1.72. The van der Waals surface area contributed by atoms with Gasteiger partial charge in [0.1, 0.15) is 0 Å². The van der Waals surface area contributed by atoms with E-state index in [0.717, 1.165) is 5.56 Å². The van der Waals surface area contributed by atoms with Crippen LogP contribution in [0.2, 0.25) is 0 Å². The Morgan fingerprint density at radius 1 is 1.05 bits per heavy atom. The van der Waals surface area contributed by atoms with Gasteiger partial charge in [0.2, 0.25) is 0 Å². The lowest BCUT2D eigenvalue weighted by Gasteiger charge is -2.12. The number of rotatable bonds is 6. The quantitative estimate of drug-likeness (QED) is 0.710. The number of ketones is 1. The van der Waals surface area contributed by atoms with Gasteiger partial charge in [-0.2, -0.15) is 11.8 Å². The van der Waals surface area contributed by atoms with Crippen molar-refractivity contribution in [3.63, 3.8) is 0 Å². The molecule has 0 radical (unpaired) electrons. The highest BCUT2D eigenvalue weighted by atomic mass is 32.2. The van der Waals surface area contributed by atoms with Crippen LogP contribution in [0.1, 0.15) is 22.8 Å². The van der Waals surface area contributed by atoms with Crippen LogP contribution < -0.4 is 0 Å². The molecular weight excluding hydrogens is 264 g/mol. The van der Waals surface area contributed by atoms with Gasteiger partial charge in [0.05, 0.1) is 0 Å². The number of thioether (sulfide) groups is 1. The van der Waals surface area contributed by atoms with E-state index in [1.54, 1.807) is 17.8 Å². The Kier molecular flexibility index (Phi) is 5.63. The summed E-state index contributed by atoms with van der Waals surface area (Å²) < 4.78 is 0. The molecule has 0 bridgehead atoms. The molecule has 0 aliphatic rings. The average molecular weight is 282 g/mol. The Bertz CT molecular complexity index is 560. The van der Waals surface area contributed by atoms with Crippen LogP contribution >= 0.6 is 11.8 Å². The second-order valence-electron chi connectivity index (χ2n) is 4.55. The summed E-state index contributed by atoms with van der Waals surface area (Å²) in [5.74, 6) is 0.164. The highest BCUT2D eigenvalue weighted by Gasteiger charge is 2.12. The number of hydrogen-bond donors (Lipinski definition) is 0. The summed E-state index contributed by atoms with van der Waals surface area (Å²) in [5, 5.41) is 0.226. The SMILES string of the molecule is CSC(CC(=O)/C=C/c1ccccc1)c1ccccc1. The fourth-order valence-corrected chi connectivity index (χ4v) is 2.77. The molecule has 0 aromatic heterocycles. The van der Waals surface area contributed by atoms with Gasteiger partial charge >= 0.3 is 0 Å². The van der Waals surface area contributed by atoms with Crippen molar-refractivity contribution in [1.82, 2.24) is 0 Å². The van der Waals surface area contributed by atoms with Crippen LogP contribution in [0, 0.1) is 0 Å². The minimum Gasteiger partial charge on any atom is -0.295 e. The average Bonchev–Trinajstić information content (AvgIpc) is 2.52. The molecule has 102 valence electrons. The van der Waals surface area contributed by atoms with Crippen LogP contribution in [0.5, 0.6) is 0 Å². The van der Waals surface area contributed by atoms with Crippen LogP contribution in [-0.4, -0.2) is 12.0 Å². The van der Waals surface area contributed by atoms with Gasteiger partial charge in [-0.1, -0.05) is 66.7 Å². The predicted molar refractivity (Wildman–Crippen MR) is 87.8 cm³/mol. The number of carbonyl (C=O) groups excluding carboxylic acids is 1. The Labute approximate surface area is 124 Å². The Morgan fingerprint density at radius 3 is 2.25 bits per heavy atom. The molecule has 2 heteroatoms. The summed E-state index contributed by atoms with van der Waals surface area (Å²) in [7, 11) is 0. The lowest BCUT2D eigenvalue weighted by molar-refractivity contribution is -0.114. The van der Waals surface area contributed by atoms with Crippen LogP contribution in [0.3, 0.4) is 0 Å². The molecule has 1 unspecified atom stereocenters. The maximum absolute atomic E-state index is 12.1. The molecule has 0 spiro atoms. The summed E-state index contributed by atoms with van der Waals surface area (Å²) in [6.07, 6.45) is 6.15. The van der Waals surface area contributed by atoms with E-state index in [1.807, 2.05) is 60.9 Å². The third-order valence-electron chi connectivity index (χ3n) is 3.10. The topological polar surface area (TPSA) is 17.1 Å². The lowest BCUT2D eigenvalue weighted by atomic mass is 10.1. The molecule has 0 aliphatic heterocycles. The zero-order valence-corrected chi connectivity index (χ0v) is 12.3. The van der Waals surface area contributed by atoms with E-state index in [2.05, 4.69) is 12.1 Å². The van der Waals surface area contributed by atoms with E-state index >= 15 is 0 Å². The fraction of sp³-hybridized carbons (Fsp3) is 0.167. The van der Waals surface area contributed by atoms with E-state index in [9.17, 15) is 4.79 Å². The van der Waals surface area contributed by atoms with Gasteiger partial charge in [-0.05, 0) is 23.5 Å². The Balaban J connectivity index is 1.98. The summed E-state index contributed by atoms with van der Waals surface area (Å²) in [6, 6.07) is 20.1. The Hall–Kier alpha value is -1.80. The van der Waals surface area contributed by atoms with E-state index in [0.29, 0.717) is 6.42 Å². The molecule has 0 fully saturated rings. The van der Waals surface area contributed by atoms with Crippen LogP contribution in [0.4, 0.5) is 0 Å². The van der Waals surface area contributed by atoms with Crippen molar-refractivity contribution in [1.29, 1.82) is 0 Å². The van der Waals surface area contributed by atoms with E-state index in [4.69, 9.17) is 0 Å².